The van der Waals surface area contributed by atoms with Crippen molar-refractivity contribution in [3.8, 4) is 0 Å². The Kier molecular flexibility index (Phi) is 6.03. The Morgan fingerprint density at radius 2 is 2.14 bits per heavy atom. The highest BCUT2D eigenvalue weighted by molar-refractivity contribution is 5.85. The summed E-state index contributed by atoms with van der Waals surface area (Å²) >= 11 is 0. The van der Waals surface area contributed by atoms with Gasteiger partial charge in [0.15, 0.2) is 5.82 Å². The van der Waals surface area contributed by atoms with E-state index in [1.807, 2.05) is 0 Å². The zero-order valence-corrected chi connectivity index (χ0v) is 9.31. The highest BCUT2D eigenvalue weighted by Crippen LogP contribution is 2.08. The van der Waals surface area contributed by atoms with Crippen molar-refractivity contribution in [1.29, 1.82) is 0 Å². The lowest BCUT2D eigenvalue weighted by atomic mass is 10.4. The van der Waals surface area contributed by atoms with Gasteiger partial charge in [0.1, 0.15) is 12.4 Å². The minimum absolute atomic E-state index is 0. The fourth-order valence-electron chi connectivity index (χ4n) is 1.37. The van der Waals surface area contributed by atoms with Crippen molar-refractivity contribution >= 4 is 24.8 Å². The fourth-order valence-corrected chi connectivity index (χ4v) is 1.37. The standard InChI is InChI=1S/C7H12N4O.2ClH/c8-2-1-6-9-10-7-5-12-4-3-11(6)7;;/h1-5,8H2;2*1H. The molecule has 0 aliphatic carbocycles. The molecule has 0 aromatic carbocycles. The SMILES string of the molecule is Cl.Cl.NCCc1nnc2n1CCOC2. The Balaban J connectivity index is 0.000000845. The summed E-state index contributed by atoms with van der Waals surface area (Å²) in [6.07, 6.45) is 0.799. The van der Waals surface area contributed by atoms with Crippen molar-refractivity contribution in [3.05, 3.63) is 11.6 Å². The second-order valence-electron chi connectivity index (χ2n) is 2.78. The molecular formula is C7H14Cl2N4O. The average Bonchev–Trinajstić information content (AvgIpc) is 2.50. The number of rotatable bonds is 2. The highest BCUT2D eigenvalue weighted by atomic mass is 35.5. The maximum absolute atomic E-state index is 5.44. The van der Waals surface area contributed by atoms with Gasteiger partial charge >= 0.3 is 0 Å². The van der Waals surface area contributed by atoms with Gasteiger partial charge in [-0.1, -0.05) is 0 Å². The van der Waals surface area contributed by atoms with E-state index in [0.717, 1.165) is 31.2 Å². The molecule has 2 heterocycles. The van der Waals surface area contributed by atoms with Gasteiger partial charge in [0.2, 0.25) is 0 Å². The monoisotopic (exact) mass is 240 g/mol. The number of ether oxygens (including phenoxy) is 1. The van der Waals surface area contributed by atoms with E-state index >= 15 is 0 Å². The third-order valence-electron chi connectivity index (χ3n) is 1.96. The van der Waals surface area contributed by atoms with Gasteiger partial charge in [-0.15, -0.1) is 35.0 Å². The number of aromatic nitrogens is 3. The van der Waals surface area contributed by atoms with Crippen LogP contribution in [0.5, 0.6) is 0 Å². The average molecular weight is 241 g/mol. The molecule has 7 heteroatoms. The minimum Gasteiger partial charge on any atom is -0.372 e. The van der Waals surface area contributed by atoms with E-state index in [2.05, 4.69) is 14.8 Å². The predicted molar refractivity (Wildman–Crippen MR) is 56.9 cm³/mol. The van der Waals surface area contributed by atoms with Gasteiger partial charge in [-0.05, 0) is 6.54 Å². The van der Waals surface area contributed by atoms with Crippen LogP contribution in [0.3, 0.4) is 0 Å². The summed E-state index contributed by atoms with van der Waals surface area (Å²) in [5.41, 5.74) is 5.44. The van der Waals surface area contributed by atoms with Crippen LogP contribution >= 0.6 is 24.8 Å². The zero-order valence-electron chi connectivity index (χ0n) is 7.68. The molecule has 0 fully saturated rings. The van der Waals surface area contributed by atoms with Crippen LogP contribution < -0.4 is 5.73 Å². The first kappa shape index (κ1) is 13.6. The molecule has 1 aliphatic rings. The molecular weight excluding hydrogens is 227 g/mol. The number of hydrogen-bond donors (Lipinski definition) is 1. The first-order chi connectivity index (χ1) is 5.92. The molecule has 0 unspecified atom stereocenters. The molecule has 0 radical (unpaired) electrons. The van der Waals surface area contributed by atoms with Crippen LogP contribution in [0.25, 0.3) is 0 Å². The lowest BCUT2D eigenvalue weighted by Gasteiger charge is -2.14. The quantitative estimate of drug-likeness (QED) is 0.800. The Bertz CT molecular complexity index is 279. The van der Waals surface area contributed by atoms with E-state index in [1.54, 1.807) is 0 Å². The van der Waals surface area contributed by atoms with Gasteiger partial charge < -0.3 is 15.0 Å². The van der Waals surface area contributed by atoms with E-state index in [0.29, 0.717) is 13.2 Å². The fraction of sp³-hybridized carbons (Fsp3) is 0.714. The Morgan fingerprint density at radius 3 is 2.86 bits per heavy atom. The number of nitrogens with zero attached hydrogens (tertiary/aromatic N) is 3. The van der Waals surface area contributed by atoms with Crippen LogP contribution in [0.1, 0.15) is 11.6 Å². The molecule has 82 valence electrons. The Morgan fingerprint density at radius 1 is 1.36 bits per heavy atom. The van der Waals surface area contributed by atoms with E-state index in [4.69, 9.17) is 10.5 Å². The molecule has 1 aromatic rings. The molecule has 0 saturated heterocycles. The van der Waals surface area contributed by atoms with E-state index < -0.39 is 0 Å². The molecule has 0 atom stereocenters. The lowest BCUT2D eigenvalue weighted by molar-refractivity contribution is 0.0806. The van der Waals surface area contributed by atoms with Gasteiger partial charge in [0.05, 0.1) is 6.61 Å². The second-order valence-corrected chi connectivity index (χ2v) is 2.78. The van der Waals surface area contributed by atoms with Crippen LogP contribution in [0.15, 0.2) is 0 Å². The number of halogens is 2. The maximum atomic E-state index is 5.44. The van der Waals surface area contributed by atoms with Crippen molar-refractivity contribution in [2.24, 2.45) is 5.73 Å². The van der Waals surface area contributed by atoms with Gasteiger partial charge in [-0.2, -0.15) is 0 Å². The van der Waals surface area contributed by atoms with E-state index in [-0.39, 0.29) is 24.8 Å². The first-order valence-corrected chi connectivity index (χ1v) is 4.10. The van der Waals surface area contributed by atoms with Crippen LogP contribution in [-0.2, 0) is 24.3 Å². The predicted octanol–water partition coefficient (Wildman–Crippen LogP) is 0.153. The van der Waals surface area contributed by atoms with Gasteiger partial charge in [0, 0.05) is 13.0 Å². The van der Waals surface area contributed by atoms with Crippen LogP contribution in [0.2, 0.25) is 0 Å². The van der Waals surface area contributed by atoms with Crippen molar-refractivity contribution in [1.82, 2.24) is 14.8 Å². The lowest BCUT2D eigenvalue weighted by Crippen LogP contribution is -2.19. The molecule has 2 N–H and O–H groups in total. The third-order valence-corrected chi connectivity index (χ3v) is 1.96. The highest BCUT2D eigenvalue weighted by Gasteiger charge is 2.14. The van der Waals surface area contributed by atoms with Crippen LogP contribution in [-0.4, -0.2) is 27.9 Å². The summed E-state index contributed by atoms with van der Waals surface area (Å²) in [6.45, 7) is 2.82. The topological polar surface area (TPSA) is 66.0 Å². The normalized spacial score (nSPS) is 13.8. The summed E-state index contributed by atoms with van der Waals surface area (Å²) in [4.78, 5) is 0. The summed E-state index contributed by atoms with van der Waals surface area (Å²) in [7, 11) is 0. The Hall–Kier alpha value is -0.360. The van der Waals surface area contributed by atoms with Crippen molar-refractivity contribution < 1.29 is 4.74 Å². The second kappa shape index (κ2) is 6.19. The molecule has 1 aromatic heterocycles. The van der Waals surface area contributed by atoms with E-state index in [9.17, 15) is 0 Å². The number of hydrogen-bond acceptors (Lipinski definition) is 4. The first-order valence-electron chi connectivity index (χ1n) is 4.10. The molecule has 1 aliphatic heterocycles. The molecule has 0 bridgehead atoms. The summed E-state index contributed by atoms with van der Waals surface area (Å²) in [5.74, 6) is 1.90. The van der Waals surface area contributed by atoms with Crippen molar-refractivity contribution in [2.75, 3.05) is 13.2 Å². The maximum Gasteiger partial charge on any atom is 0.159 e. The van der Waals surface area contributed by atoms with Gasteiger partial charge in [-0.3, -0.25) is 0 Å². The van der Waals surface area contributed by atoms with Crippen LogP contribution in [0.4, 0.5) is 0 Å². The molecule has 14 heavy (non-hydrogen) atoms. The van der Waals surface area contributed by atoms with Gasteiger partial charge in [-0.25, -0.2) is 0 Å². The van der Waals surface area contributed by atoms with Crippen molar-refractivity contribution in [3.63, 3.8) is 0 Å². The summed E-state index contributed by atoms with van der Waals surface area (Å²) in [6, 6.07) is 0. The molecule has 0 amide bonds. The Labute approximate surface area is 94.8 Å². The zero-order chi connectivity index (χ0) is 8.39. The molecule has 2 rings (SSSR count). The largest absolute Gasteiger partial charge is 0.372 e. The third kappa shape index (κ3) is 2.57. The smallest absolute Gasteiger partial charge is 0.159 e. The van der Waals surface area contributed by atoms with E-state index in [1.165, 1.54) is 0 Å². The van der Waals surface area contributed by atoms with Crippen LogP contribution in [0, 0.1) is 0 Å². The molecule has 0 saturated carbocycles. The summed E-state index contributed by atoms with van der Waals surface area (Å²) in [5, 5.41) is 8.05. The summed E-state index contributed by atoms with van der Waals surface area (Å²) < 4.78 is 7.33. The van der Waals surface area contributed by atoms with Crippen molar-refractivity contribution in [2.45, 2.75) is 19.6 Å². The molecule has 0 spiro atoms. The minimum atomic E-state index is 0. The number of nitrogens with two attached hydrogens (primary N) is 1. The van der Waals surface area contributed by atoms with Gasteiger partial charge in [0.25, 0.3) is 0 Å². The molecule has 5 nitrogen and oxygen atoms in total. The number of fused-ring (bicyclic) bond motifs is 1.